The molecule has 30 valence electrons. The van der Waals surface area contributed by atoms with Crippen LogP contribution >= 0.6 is 9.90 Å². The summed E-state index contributed by atoms with van der Waals surface area (Å²) in [6, 6.07) is 0. The van der Waals surface area contributed by atoms with Gasteiger partial charge in [-0.15, -0.1) is 0 Å². The first-order valence-corrected chi connectivity index (χ1v) is 0. The average Bonchev–Trinajstić information content (AvgIpc) is 0. The van der Waals surface area contributed by atoms with Gasteiger partial charge in [-0.25, -0.2) is 0 Å². The number of rotatable bonds is 0. The molecule has 0 amide bonds. The Kier molecular flexibility index (Phi) is 659. The van der Waals surface area contributed by atoms with Gasteiger partial charge in [-0.2, -0.15) is 0 Å². The second-order valence-corrected chi connectivity index (χ2v) is 0. The van der Waals surface area contributed by atoms with Crippen molar-refractivity contribution in [2.24, 2.45) is 0 Å². The van der Waals surface area contributed by atoms with E-state index in [1.54, 1.807) is 0 Å². The molecule has 4 heteroatoms. The summed E-state index contributed by atoms with van der Waals surface area (Å²) in [7, 11) is 0. The van der Waals surface area contributed by atoms with Crippen LogP contribution in [0.5, 0.6) is 0 Å². The van der Waals surface area contributed by atoms with Crippen molar-refractivity contribution in [3.8, 4) is 0 Å². The molecule has 0 bridgehead atoms. The zero-order valence-electron chi connectivity index (χ0n) is 1.71. The zero-order valence-corrected chi connectivity index (χ0v) is 4.61. The van der Waals surface area contributed by atoms with Gasteiger partial charge in [-0.3, -0.25) is 0 Å². The second-order valence-electron chi connectivity index (χ2n) is 0. The minimum absolute atomic E-state index is 0. The fourth-order valence-electron chi connectivity index (χ4n) is 0. The molecule has 0 spiro atoms. The summed E-state index contributed by atoms with van der Waals surface area (Å²) < 4.78 is 0. The summed E-state index contributed by atoms with van der Waals surface area (Å²) in [6.45, 7) is 0. The van der Waals surface area contributed by atoms with E-state index in [0.717, 1.165) is 0 Å². The van der Waals surface area contributed by atoms with Gasteiger partial charge in [-0.05, 0) is 0 Å². The van der Waals surface area contributed by atoms with E-state index in [9.17, 15) is 0 Å². The molecule has 0 unspecified atom stereocenters. The fourth-order valence-corrected chi connectivity index (χ4v) is 0. The monoisotopic (exact) mass is 162 g/mol. The van der Waals surface area contributed by atoms with E-state index in [1.165, 1.54) is 0 Å². The van der Waals surface area contributed by atoms with E-state index in [-0.39, 0.29) is 41.9 Å². The van der Waals surface area contributed by atoms with Crippen molar-refractivity contribution in [2.75, 3.05) is 0 Å². The van der Waals surface area contributed by atoms with E-state index in [4.69, 9.17) is 0 Å². The number of hydrogen-bond donors (Lipinski definition) is 0. The molecule has 0 heterocycles. The molecular weight excluding hydrogens is 159 g/mol. The van der Waals surface area contributed by atoms with Gasteiger partial charge in [-0.1, -0.05) is 0 Å². The second kappa shape index (κ2) is 34.6. The van der Waals surface area contributed by atoms with Crippen molar-refractivity contribution in [2.45, 2.75) is 0 Å². The minimum atomic E-state index is 0. The van der Waals surface area contributed by atoms with Crippen molar-refractivity contribution in [1.82, 2.24) is 0 Å². The summed E-state index contributed by atoms with van der Waals surface area (Å²) in [5.74, 6) is 0. The minimum Gasteiger partial charge on any atom is -3.00 e. The Morgan fingerprint density at radius 2 is 1.00 bits per heavy atom. The van der Waals surface area contributed by atoms with Crippen molar-refractivity contribution in [1.29, 1.82) is 0 Å². The molecule has 4 heavy (non-hydrogen) atoms. The van der Waals surface area contributed by atoms with Crippen molar-refractivity contribution in [3.63, 3.8) is 0 Å². The molecular formula is HMoO2P-6. The van der Waals surface area contributed by atoms with Crippen LogP contribution in [-0.2, 0) is 26.5 Å². The third-order valence-corrected chi connectivity index (χ3v) is 0. The first-order chi connectivity index (χ1) is 0. The smallest absolute Gasteiger partial charge is 0 e. The van der Waals surface area contributed by atoms with Gasteiger partial charge in [0.05, 0.1) is 0 Å². The molecule has 0 saturated carbocycles. The van der Waals surface area contributed by atoms with Crippen LogP contribution in [0.15, 0.2) is 0 Å². The summed E-state index contributed by atoms with van der Waals surface area (Å²) in [6.07, 6.45) is 0. The summed E-state index contributed by atoms with van der Waals surface area (Å²) in [5.41, 5.74) is 0. The third kappa shape index (κ3) is 11.7. The fraction of sp³-hybridized carbons (Fsp3) is 0. The van der Waals surface area contributed by atoms with E-state index in [0.29, 0.717) is 0 Å². The van der Waals surface area contributed by atoms with Crippen LogP contribution < -0.4 is 0 Å². The van der Waals surface area contributed by atoms with Crippen LogP contribution in [0.4, 0.5) is 0 Å². The van der Waals surface area contributed by atoms with Gasteiger partial charge >= 0.3 is 0 Å². The van der Waals surface area contributed by atoms with Crippen LogP contribution in [0.1, 0.15) is 0 Å². The van der Waals surface area contributed by atoms with Gasteiger partial charge < -0.3 is 20.9 Å². The molecule has 0 aromatic heterocycles. The van der Waals surface area contributed by atoms with Crippen LogP contribution in [0, 0.1) is 0 Å². The zero-order chi connectivity index (χ0) is 0. The van der Waals surface area contributed by atoms with Gasteiger partial charge in [0, 0.05) is 21.1 Å². The van der Waals surface area contributed by atoms with E-state index < -0.39 is 0 Å². The summed E-state index contributed by atoms with van der Waals surface area (Å²) >= 11 is 0. The molecule has 0 aliphatic rings. The molecule has 1 N–H and O–H groups in total. The topological polar surface area (TPSA) is 58.5 Å². The Balaban J connectivity index is 0. The average molecular weight is 160 g/mol. The van der Waals surface area contributed by atoms with E-state index >= 15 is 0 Å². The Labute approximate surface area is 42.5 Å². The first kappa shape index (κ1) is 76.2. The van der Waals surface area contributed by atoms with Crippen molar-refractivity contribution >= 4 is 9.90 Å². The predicted octanol–water partition coefficient (Wildman–Crippen LogP) is 0.563. The molecule has 0 radical (unpaired) electrons. The van der Waals surface area contributed by atoms with Crippen LogP contribution in [-0.4, -0.2) is 5.48 Å². The van der Waals surface area contributed by atoms with Gasteiger partial charge in [0.25, 0.3) is 0 Å². The largest absolute Gasteiger partial charge is 3.00 e. The van der Waals surface area contributed by atoms with Crippen molar-refractivity contribution < 1.29 is 32.0 Å². The molecule has 0 atom stereocenters. The normalized spacial score (nSPS) is 0. The maximum absolute atomic E-state index is 0. The Bertz CT molecular complexity index is 6.00. The predicted molar refractivity (Wildman–Crippen MR) is 9.54 cm³/mol. The van der Waals surface area contributed by atoms with Gasteiger partial charge in [0.15, 0.2) is 0 Å². The molecule has 2 nitrogen and oxygen atoms in total. The van der Waals surface area contributed by atoms with E-state index in [2.05, 4.69) is 0 Å². The van der Waals surface area contributed by atoms with Gasteiger partial charge in [0.2, 0.25) is 0 Å². The molecule has 0 fully saturated rings. The molecule has 0 aliphatic heterocycles. The SMILES string of the molecule is [Mo].[O-2].[OH-].[P-3]. The Hall–Kier alpha value is 1.04. The number of hydrogen-bond acceptors (Lipinski definition) is 1. The standard InChI is InChI=1S/Mo.H2O.O.P/h;1H2;;/q;;-2;-3/p-1. The molecule has 0 aromatic carbocycles. The maximum Gasteiger partial charge on any atom is 0 e. The van der Waals surface area contributed by atoms with E-state index in [1.807, 2.05) is 0 Å². The van der Waals surface area contributed by atoms with Crippen LogP contribution in [0.25, 0.3) is 0 Å². The Morgan fingerprint density at radius 3 is 1.00 bits per heavy atom. The van der Waals surface area contributed by atoms with Gasteiger partial charge in [0.1, 0.15) is 0 Å². The first-order valence-electron chi connectivity index (χ1n) is 0. The van der Waals surface area contributed by atoms with Crippen LogP contribution in [0.2, 0.25) is 0 Å². The van der Waals surface area contributed by atoms with Crippen molar-refractivity contribution in [3.05, 3.63) is 0 Å². The molecule has 0 aromatic rings. The summed E-state index contributed by atoms with van der Waals surface area (Å²) in [5, 5.41) is 0. The maximum atomic E-state index is 0. The molecule has 0 rings (SSSR count). The Morgan fingerprint density at radius 1 is 1.00 bits per heavy atom. The molecule has 0 saturated heterocycles. The quantitative estimate of drug-likeness (QED) is 0.377. The third-order valence-electron chi connectivity index (χ3n) is 0. The summed E-state index contributed by atoms with van der Waals surface area (Å²) in [4.78, 5) is 0. The molecule has 0 aliphatic carbocycles. The van der Waals surface area contributed by atoms with Crippen LogP contribution in [0.3, 0.4) is 0 Å².